The Kier molecular flexibility index (Phi) is 4.28. The first-order valence-electron chi connectivity index (χ1n) is 4.78. The molecule has 6 heteroatoms. The van der Waals surface area contributed by atoms with E-state index in [0.29, 0.717) is 11.3 Å². The van der Waals surface area contributed by atoms with Crippen LogP contribution in [0.4, 0.5) is 0 Å². The summed E-state index contributed by atoms with van der Waals surface area (Å²) < 4.78 is 6.68. The van der Waals surface area contributed by atoms with E-state index >= 15 is 0 Å². The Morgan fingerprint density at radius 1 is 1.80 bits per heavy atom. The first-order chi connectivity index (χ1) is 7.24. The third kappa shape index (κ3) is 3.60. The summed E-state index contributed by atoms with van der Waals surface area (Å²) in [5.74, 6) is 0.953. The molecular formula is C9H13ClN2OS2. The second kappa shape index (κ2) is 5.50. The zero-order valence-electron chi connectivity index (χ0n) is 8.48. The summed E-state index contributed by atoms with van der Waals surface area (Å²) in [7, 11) is 2.13. The number of hydrogen-bond acceptors (Lipinski definition) is 5. The van der Waals surface area contributed by atoms with Crippen LogP contribution >= 0.6 is 34.7 Å². The molecule has 1 unspecified atom stereocenters. The summed E-state index contributed by atoms with van der Waals surface area (Å²) in [6.07, 6.45) is 0.316. The third-order valence-corrected chi connectivity index (χ3v) is 4.67. The molecule has 0 N–H and O–H groups in total. The van der Waals surface area contributed by atoms with Crippen LogP contribution in [-0.2, 0) is 4.74 Å². The van der Waals surface area contributed by atoms with E-state index in [1.165, 1.54) is 0 Å². The molecule has 3 nitrogen and oxygen atoms in total. The van der Waals surface area contributed by atoms with Gasteiger partial charge in [-0.2, -0.15) is 0 Å². The summed E-state index contributed by atoms with van der Waals surface area (Å²) >= 11 is 9.06. The molecule has 0 bridgehead atoms. The van der Waals surface area contributed by atoms with E-state index in [2.05, 4.69) is 16.9 Å². The lowest BCUT2D eigenvalue weighted by atomic mass is 10.3. The van der Waals surface area contributed by atoms with Crippen molar-refractivity contribution in [2.75, 3.05) is 32.5 Å². The van der Waals surface area contributed by atoms with Crippen molar-refractivity contribution in [1.29, 1.82) is 0 Å². The average molecular weight is 265 g/mol. The van der Waals surface area contributed by atoms with Gasteiger partial charge in [0.2, 0.25) is 0 Å². The molecule has 0 spiro atoms. The largest absolute Gasteiger partial charge is 0.375 e. The Labute approximate surface area is 103 Å². The number of ether oxygens (including phenoxy) is 1. The van der Waals surface area contributed by atoms with Crippen molar-refractivity contribution < 1.29 is 4.74 Å². The van der Waals surface area contributed by atoms with Crippen molar-refractivity contribution in [3.05, 3.63) is 10.5 Å². The molecule has 0 aliphatic carbocycles. The van der Waals surface area contributed by atoms with Crippen LogP contribution < -0.4 is 0 Å². The van der Waals surface area contributed by atoms with E-state index < -0.39 is 0 Å². The number of morpholine rings is 1. The highest BCUT2D eigenvalue weighted by Gasteiger charge is 2.18. The molecule has 1 aliphatic rings. The Morgan fingerprint density at radius 3 is 3.33 bits per heavy atom. The summed E-state index contributed by atoms with van der Waals surface area (Å²) in [5.41, 5.74) is 0. The Bertz CT molecular complexity index is 321. The van der Waals surface area contributed by atoms with Crippen LogP contribution in [0.2, 0.25) is 5.15 Å². The number of thiazole rings is 1. The molecule has 0 amide bonds. The number of aromatic nitrogens is 1. The molecule has 84 valence electrons. The van der Waals surface area contributed by atoms with Gasteiger partial charge in [0, 0.05) is 24.2 Å². The van der Waals surface area contributed by atoms with Crippen molar-refractivity contribution >= 4 is 34.7 Å². The molecular weight excluding hydrogens is 252 g/mol. The predicted molar refractivity (Wildman–Crippen MR) is 65.1 cm³/mol. The van der Waals surface area contributed by atoms with Crippen LogP contribution in [0.25, 0.3) is 0 Å². The smallest absolute Gasteiger partial charge is 0.151 e. The maximum Gasteiger partial charge on any atom is 0.151 e. The fraction of sp³-hybridized carbons (Fsp3) is 0.667. The van der Waals surface area contributed by atoms with Gasteiger partial charge in [0.25, 0.3) is 0 Å². The fourth-order valence-electron chi connectivity index (χ4n) is 1.44. The number of likely N-dealkylation sites (N-methyl/N-ethyl adjacent to an activating group) is 1. The van der Waals surface area contributed by atoms with Crippen molar-refractivity contribution in [1.82, 2.24) is 9.88 Å². The first-order valence-corrected chi connectivity index (χ1v) is 7.02. The molecule has 0 aromatic carbocycles. The van der Waals surface area contributed by atoms with Gasteiger partial charge in [0.1, 0.15) is 5.15 Å². The quantitative estimate of drug-likeness (QED) is 0.782. The average Bonchev–Trinajstić information content (AvgIpc) is 2.62. The van der Waals surface area contributed by atoms with E-state index in [4.69, 9.17) is 16.3 Å². The molecule has 1 saturated heterocycles. The van der Waals surface area contributed by atoms with Gasteiger partial charge in [-0.15, -0.1) is 11.3 Å². The SMILES string of the molecule is CN1CCOC(CSc2nc(Cl)cs2)C1. The van der Waals surface area contributed by atoms with Crippen molar-refractivity contribution in [3.8, 4) is 0 Å². The number of halogens is 1. The molecule has 2 heterocycles. The van der Waals surface area contributed by atoms with Gasteiger partial charge < -0.3 is 9.64 Å². The highest BCUT2D eigenvalue weighted by atomic mass is 35.5. The maximum atomic E-state index is 5.75. The summed E-state index contributed by atoms with van der Waals surface area (Å²) in [5, 5.41) is 2.45. The minimum absolute atomic E-state index is 0.316. The van der Waals surface area contributed by atoms with Crippen molar-refractivity contribution in [2.45, 2.75) is 10.4 Å². The topological polar surface area (TPSA) is 25.4 Å². The first kappa shape index (κ1) is 11.7. The van der Waals surface area contributed by atoms with Gasteiger partial charge in [-0.25, -0.2) is 4.98 Å². The Balaban J connectivity index is 1.77. The standard InChI is InChI=1S/C9H13ClN2OS2/c1-12-2-3-13-7(4-12)5-14-9-11-8(10)6-15-9/h6-7H,2-5H2,1H3. The number of thioether (sulfide) groups is 1. The van der Waals surface area contributed by atoms with E-state index in [1.54, 1.807) is 23.1 Å². The molecule has 1 aromatic heterocycles. The minimum Gasteiger partial charge on any atom is -0.375 e. The molecule has 1 fully saturated rings. The van der Waals surface area contributed by atoms with Crippen LogP contribution in [0, 0.1) is 0 Å². The molecule has 0 radical (unpaired) electrons. The van der Waals surface area contributed by atoms with Gasteiger partial charge in [0.05, 0.1) is 12.7 Å². The van der Waals surface area contributed by atoms with Gasteiger partial charge in [-0.1, -0.05) is 23.4 Å². The lowest BCUT2D eigenvalue weighted by Crippen LogP contribution is -2.41. The second-order valence-electron chi connectivity index (χ2n) is 3.50. The number of rotatable bonds is 3. The van der Waals surface area contributed by atoms with Crippen LogP contribution in [0.5, 0.6) is 0 Å². The van der Waals surface area contributed by atoms with Crippen molar-refractivity contribution in [3.63, 3.8) is 0 Å². The lowest BCUT2D eigenvalue weighted by molar-refractivity contribution is -0.00598. The van der Waals surface area contributed by atoms with Gasteiger partial charge >= 0.3 is 0 Å². The predicted octanol–water partition coefficient (Wildman–Crippen LogP) is 2.22. The van der Waals surface area contributed by atoms with Crippen LogP contribution in [-0.4, -0.2) is 48.5 Å². The number of hydrogen-bond donors (Lipinski definition) is 0. The zero-order chi connectivity index (χ0) is 10.7. The highest BCUT2D eigenvalue weighted by Crippen LogP contribution is 2.26. The van der Waals surface area contributed by atoms with Gasteiger partial charge in [-0.05, 0) is 7.05 Å². The summed E-state index contributed by atoms with van der Waals surface area (Å²) in [4.78, 5) is 6.49. The van der Waals surface area contributed by atoms with Gasteiger partial charge in [0.15, 0.2) is 4.34 Å². The van der Waals surface area contributed by atoms with Crippen LogP contribution in [0.3, 0.4) is 0 Å². The zero-order valence-corrected chi connectivity index (χ0v) is 10.9. The molecule has 1 aromatic rings. The summed E-state index contributed by atoms with van der Waals surface area (Å²) in [6, 6.07) is 0. The van der Waals surface area contributed by atoms with E-state index in [9.17, 15) is 0 Å². The monoisotopic (exact) mass is 264 g/mol. The molecule has 2 rings (SSSR count). The van der Waals surface area contributed by atoms with E-state index in [0.717, 1.165) is 29.8 Å². The van der Waals surface area contributed by atoms with Crippen LogP contribution in [0.1, 0.15) is 0 Å². The van der Waals surface area contributed by atoms with Crippen LogP contribution in [0.15, 0.2) is 9.72 Å². The normalized spacial score (nSPS) is 23.2. The Morgan fingerprint density at radius 2 is 2.67 bits per heavy atom. The number of nitrogens with zero attached hydrogens (tertiary/aromatic N) is 2. The van der Waals surface area contributed by atoms with Gasteiger partial charge in [-0.3, -0.25) is 0 Å². The summed E-state index contributed by atoms with van der Waals surface area (Å²) in [6.45, 7) is 2.87. The molecule has 15 heavy (non-hydrogen) atoms. The highest BCUT2D eigenvalue weighted by molar-refractivity contribution is 8.01. The Hall–Kier alpha value is 0.190. The third-order valence-electron chi connectivity index (χ3n) is 2.19. The maximum absolute atomic E-state index is 5.75. The van der Waals surface area contributed by atoms with E-state index in [1.807, 2.05) is 5.38 Å². The van der Waals surface area contributed by atoms with Crippen molar-refractivity contribution in [2.24, 2.45) is 0 Å². The minimum atomic E-state index is 0.316. The lowest BCUT2D eigenvalue weighted by Gasteiger charge is -2.29. The van der Waals surface area contributed by atoms with E-state index in [-0.39, 0.29) is 0 Å². The molecule has 1 aliphatic heterocycles. The fourth-order valence-corrected chi connectivity index (χ4v) is 3.47. The molecule has 1 atom stereocenters. The molecule has 0 saturated carbocycles. The second-order valence-corrected chi connectivity index (χ2v) is 6.01.